The summed E-state index contributed by atoms with van der Waals surface area (Å²) in [5, 5.41) is 3.77. The van der Waals surface area contributed by atoms with Crippen LogP contribution in [0.3, 0.4) is 0 Å². The maximum atomic E-state index is 5.39. The molecule has 0 aromatic rings. The summed E-state index contributed by atoms with van der Waals surface area (Å²) in [5.41, 5.74) is 0. The molecule has 1 heterocycles. The van der Waals surface area contributed by atoms with Crippen LogP contribution in [0.4, 0.5) is 0 Å². The van der Waals surface area contributed by atoms with E-state index in [1.165, 1.54) is 38.5 Å². The third-order valence-electron chi connectivity index (χ3n) is 4.16. The van der Waals surface area contributed by atoms with E-state index in [4.69, 9.17) is 4.74 Å². The second kappa shape index (κ2) is 3.82. The number of rotatable bonds is 3. The molecule has 1 N–H and O–H groups in total. The van der Waals surface area contributed by atoms with Crippen molar-refractivity contribution in [3.63, 3.8) is 0 Å². The van der Waals surface area contributed by atoms with Crippen LogP contribution in [0.2, 0.25) is 0 Å². The normalized spacial score (nSPS) is 43.3. The van der Waals surface area contributed by atoms with Gasteiger partial charge in [-0.15, -0.1) is 0 Å². The van der Waals surface area contributed by atoms with Crippen molar-refractivity contribution < 1.29 is 4.74 Å². The zero-order chi connectivity index (χ0) is 9.38. The number of ether oxygens (including phenoxy) is 1. The molecule has 2 heteroatoms. The first kappa shape index (κ1) is 9.17. The van der Waals surface area contributed by atoms with Crippen molar-refractivity contribution in [1.29, 1.82) is 0 Å². The summed E-state index contributed by atoms with van der Waals surface area (Å²) in [5.74, 6) is 2.18. The van der Waals surface area contributed by atoms with Crippen LogP contribution < -0.4 is 5.32 Å². The van der Waals surface area contributed by atoms with E-state index in [-0.39, 0.29) is 0 Å². The fourth-order valence-corrected chi connectivity index (χ4v) is 3.16. The van der Waals surface area contributed by atoms with Crippen LogP contribution in [0.15, 0.2) is 0 Å². The van der Waals surface area contributed by atoms with E-state index in [1.807, 2.05) is 0 Å². The Morgan fingerprint density at radius 1 is 0.857 bits per heavy atom. The molecule has 80 valence electrons. The first-order valence-corrected chi connectivity index (χ1v) is 6.25. The lowest BCUT2D eigenvalue weighted by atomic mass is 10.0. The molecule has 2 aliphatic carbocycles. The van der Waals surface area contributed by atoms with E-state index in [9.17, 15) is 0 Å². The van der Waals surface area contributed by atoms with Crippen LogP contribution in [0.1, 0.15) is 38.5 Å². The fourth-order valence-electron chi connectivity index (χ4n) is 3.16. The minimum atomic E-state index is 0.665. The van der Waals surface area contributed by atoms with Gasteiger partial charge in [-0.2, -0.15) is 0 Å². The Morgan fingerprint density at radius 2 is 1.71 bits per heavy atom. The molecule has 0 bridgehead atoms. The lowest BCUT2D eigenvalue weighted by Gasteiger charge is -2.17. The highest BCUT2D eigenvalue weighted by atomic mass is 16.5. The second-order valence-corrected chi connectivity index (χ2v) is 5.33. The summed E-state index contributed by atoms with van der Waals surface area (Å²) in [6.45, 7) is 1.92. The number of hydrogen-bond acceptors (Lipinski definition) is 2. The summed E-state index contributed by atoms with van der Waals surface area (Å²) in [6.07, 6.45) is 8.60. The first-order chi connectivity index (χ1) is 6.92. The third kappa shape index (κ3) is 1.96. The Kier molecular flexibility index (Phi) is 2.50. The van der Waals surface area contributed by atoms with Gasteiger partial charge in [0.15, 0.2) is 0 Å². The van der Waals surface area contributed by atoms with Crippen LogP contribution in [-0.2, 0) is 4.74 Å². The monoisotopic (exact) mass is 195 g/mol. The van der Waals surface area contributed by atoms with Crippen molar-refractivity contribution in [2.24, 2.45) is 11.8 Å². The molecule has 3 unspecified atom stereocenters. The van der Waals surface area contributed by atoms with E-state index >= 15 is 0 Å². The standard InChI is InChI=1S/C12H21NO/c1-2-9(1)10-3-4-11(7-10)13-12-5-6-14-8-12/h9-13H,1-8H2. The molecule has 0 aromatic heterocycles. The zero-order valence-corrected chi connectivity index (χ0v) is 8.87. The lowest BCUT2D eigenvalue weighted by molar-refractivity contribution is 0.187. The molecule has 0 amide bonds. The summed E-state index contributed by atoms with van der Waals surface area (Å²) >= 11 is 0. The van der Waals surface area contributed by atoms with Gasteiger partial charge >= 0.3 is 0 Å². The predicted molar refractivity (Wildman–Crippen MR) is 56.2 cm³/mol. The van der Waals surface area contributed by atoms with Crippen LogP contribution in [0, 0.1) is 11.8 Å². The molecule has 3 aliphatic rings. The van der Waals surface area contributed by atoms with Gasteiger partial charge in [0.25, 0.3) is 0 Å². The Hall–Kier alpha value is -0.0800. The quantitative estimate of drug-likeness (QED) is 0.743. The minimum absolute atomic E-state index is 0.665. The summed E-state index contributed by atoms with van der Waals surface area (Å²) < 4.78 is 5.39. The van der Waals surface area contributed by atoms with Crippen molar-refractivity contribution in [1.82, 2.24) is 5.32 Å². The van der Waals surface area contributed by atoms with Gasteiger partial charge in [0.2, 0.25) is 0 Å². The van der Waals surface area contributed by atoms with E-state index < -0.39 is 0 Å². The maximum absolute atomic E-state index is 5.39. The third-order valence-corrected chi connectivity index (χ3v) is 4.16. The topological polar surface area (TPSA) is 21.3 Å². The Morgan fingerprint density at radius 3 is 2.43 bits per heavy atom. The Labute approximate surface area is 86.4 Å². The molecule has 14 heavy (non-hydrogen) atoms. The molecular formula is C12H21NO. The van der Waals surface area contributed by atoms with Crippen molar-refractivity contribution in [2.75, 3.05) is 13.2 Å². The first-order valence-electron chi connectivity index (χ1n) is 6.25. The fraction of sp³-hybridized carbons (Fsp3) is 1.00. The summed E-state index contributed by atoms with van der Waals surface area (Å²) in [4.78, 5) is 0. The summed E-state index contributed by atoms with van der Waals surface area (Å²) in [7, 11) is 0. The van der Waals surface area contributed by atoms with Gasteiger partial charge in [-0.25, -0.2) is 0 Å². The zero-order valence-electron chi connectivity index (χ0n) is 8.87. The predicted octanol–water partition coefficient (Wildman–Crippen LogP) is 1.94. The van der Waals surface area contributed by atoms with Gasteiger partial charge in [-0.3, -0.25) is 0 Å². The van der Waals surface area contributed by atoms with Crippen molar-refractivity contribution in [2.45, 2.75) is 50.6 Å². The van der Waals surface area contributed by atoms with Crippen molar-refractivity contribution >= 4 is 0 Å². The van der Waals surface area contributed by atoms with Crippen LogP contribution in [0.5, 0.6) is 0 Å². The lowest BCUT2D eigenvalue weighted by Crippen LogP contribution is -2.37. The Bertz CT molecular complexity index is 196. The van der Waals surface area contributed by atoms with Gasteiger partial charge in [-0.1, -0.05) is 0 Å². The molecule has 3 rings (SSSR count). The highest BCUT2D eigenvalue weighted by Crippen LogP contribution is 2.45. The molecule has 0 spiro atoms. The molecule has 3 atom stereocenters. The number of nitrogens with one attached hydrogen (secondary N) is 1. The molecule has 3 fully saturated rings. The van der Waals surface area contributed by atoms with Crippen molar-refractivity contribution in [3.05, 3.63) is 0 Å². The van der Waals surface area contributed by atoms with Crippen LogP contribution >= 0.6 is 0 Å². The molecule has 2 saturated carbocycles. The van der Waals surface area contributed by atoms with Gasteiger partial charge in [0.1, 0.15) is 0 Å². The second-order valence-electron chi connectivity index (χ2n) is 5.33. The summed E-state index contributed by atoms with van der Waals surface area (Å²) in [6, 6.07) is 1.48. The van der Waals surface area contributed by atoms with E-state index in [1.54, 1.807) is 0 Å². The molecule has 0 radical (unpaired) electrons. The van der Waals surface area contributed by atoms with E-state index in [0.717, 1.165) is 31.1 Å². The highest BCUT2D eigenvalue weighted by Gasteiger charge is 2.37. The Balaban J connectivity index is 1.45. The smallest absolute Gasteiger partial charge is 0.0620 e. The van der Waals surface area contributed by atoms with Gasteiger partial charge in [-0.05, 0) is 50.4 Å². The largest absolute Gasteiger partial charge is 0.380 e. The SMILES string of the molecule is C1CC(NC2CCC(C3CC3)C2)CO1. The van der Waals surface area contributed by atoms with Gasteiger partial charge in [0.05, 0.1) is 6.61 Å². The maximum Gasteiger partial charge on any atom is 0.0620 e. The van der Waals surface area contributed by atoms with Gasteiger partial charge in [0, 0.05) is 18.7 Å². The van der Waals surface area contributed by atoms with Crippen LogP contribution in [-0.4, -0.2) is 25.3 Å². The number of hydrogen-bond donors (Lipinski definition) is 1. The van der Waals surface area contributed by atoms with E-state index in [0.29, 0.717) is 6.04 Å². The molecule has 2 nitrogen and oxygen atoms in total. The minimum Gasteiger partial charge on any atom is -0.380 e. The molecule has 1 aliphatic heterocycles. The van der Waals surface area contributed by atoms with Gasteiger partial charge < -0.3 is 10.1 Å². The average molecular weight is 195 g/mol. The van der Waals surface area contributed by atoms with Crippen LogP contribution in [0.25, 0.3) is 0 Å². The molecular weight excluding hydrogens is 174 g/mol. The molecule has 0 aromatic carbocycles. The van der Waals surface area contributed by atoms with Crippen molar-refractivity contribution in [3.8, 4) is 0 Å². The van der Waals surface area contributed by atoms with E-state index in [2.05, 4.69) is 5.32 Å². The highest BCUT2D eigenvalue weighted by molar-refractivity contribution is 4.91. The average Bonchev–Trinajstić information content (AvgIpc) is 2.75. The molecule has 1 saturated heterocycles.